The summed E-state index contributed by atoms with van der Waals surface area (Å²) in [6.07, 6.45) is 2.35. The maximum Gasteiger partial charge on any atom is 0.303 e. The van der Waals surface area contributed by atoms with Crippen LogP contribution in [0.2, 0.25) is 0 Å². The summed E-state index contributed by atoms with van der Waals surface area (Å²) in [5.74, 6) is -1.86. The van der Waals surface area contributed by atoms with Crippen LogP contribution in [0.25, 0.3) is 0 Å². The van der Waals surface area contributed by atoms with Crippen molar-refractivity contribution < 1.29 is 23.3 Å². The Hall–Kier alpha value is -1.78. The van der Waals surface area contributed by atoms with Crippen LogP contribution in [0.1, 0.15) is 51.0 Å². The van der Waals surface area contributed by atoms with Gasteiger partial charge in [0, 0.05) is 31.4 Å². The molecule has 0 aliphatic carbocycles. The third kappa shape index (κ3) is 3.28. The molecule has 0 saturated heterocycles. The lowest BCUT2D eigenvalue weighted by Crippen LogP contribution is -2.14. The second kappa shape index (κ2) is 6.33. The Balaban J connectivity index is 2.09. The Kier molecular flexibility index (Phi) is 4.70. The zero-order chi connectivity index (χ0) is 15.6. The summed E-state index contributed by atoms with van der Waals surface area (Å²) in [7, 11) is 0. The molecular formula is C16H20F2NO2+. The van der Waals surface area contributed by atoms with Gasteiger partial charge in [-0.1, -0.05) is 0 Å². The van der Waals surface area contributed by atoms with Crippen molar-refractivity contribution in [3.05, 3.63) is 29.3 Å². The van der Waals surface area contributed by atoms with Crippen molar-refractivity contribution in [3.63, 3.8) is 0 Å². The maximum atomic E-state index is 14.1. The average Bonchev–Trinajstić information content (AvgIpc) is 2.63. The number of benzene rings is 1. The maximum absolute atomic E-state index is 14.1. The van der Waals surface area contributed by atoms with Gasteiger partial charge in [-0.05, 0) is 25.8 Å². The van der Waals surface area contributed by atoms with Crippen LogP contribution in [0.4, 0.5) is 14.5 Å². The molecule has 0 bridgehead atoms. The summed E-state index contributed by atoms with van der Waals surface area (Å²) in [5.41, 5.74) is 2.17. The van der Waals surface area contributed by atoms with Crippen LogP contribution >= 0.6 is 0 Å². The Bertz CT molecular complexity index is 596. The highest BCUT2D eigenvalue weighted by Gasteiger charge is 2.36. The second-order valence-corrected chi connectivity index (χ2v) is 5.54. The van der Waals surface area contributed by atoms with Crippen molar-refractivity contribution in [1.82, 2.24) is 0 Å². The van der Waals surface area contributed by atoms with Crippen molar-refractivity contribution in [2.75, 3.05) is 6.54 Å². The number of hydrogen-bond donors (Lipinski definition) is 1. The topological polar surface area (TPSA) is 40.3 Å². The zero-order valence-corrected chi connectivity index (χ0v) is 12.3. The fraction of sp³-hybridized carbons (Fsp3) is 0.500. The molecule has 0 spiro atoms. The normalized spacial score (nSPS) is 17.2. The van der Waals surface area contributed by atoms with E-state index in [2.05, 4.69) is 0 Å². The van der Waals surface area contributed by atoms with Crippen LogP contribution in [0, 0.1) is 11.6 Å². The fourth-order valence-corrected chi connectivity index (χ4v) is 2.85. The zero-order valence-electron chi connectivity index (χ0n) is 12.3. The van der Waals surface area contributed by atoms with Crippen LogP contribution in [-0.4, -0.2) is 27.9 Å². The Morgan fingerprint density at radius 2 is 2.00 bits per heavy atom. The summed E-state index contributed by atoms with van der Waals surface area (Å²) < 4.78 is 29.3. The van der Waals surface area contributed by atoms with E-state index in [4.69, 9.17) is 5.11 Å². The minimum Gasteiger partial charge on any atom is -0.481 e. The van der Waals surface area contributed by atoms with Crippen molar-refractivity contribution in [2.24, 2.45) is 0 Å². The molecule has 1 N–H and O–H groups in total. The van der Waals surface area contributed by atoms with Gasteiger partial charge >= 0.3 is 5.97 Å². The highest BCUT2D eigenvalue weighted by molar-refractivity contribution is 5.89. The van der Waals surface area contributed by atoms with Crippen LogP contribution in [0.3, 0.4) is 0 Å². The molecule has 3 nitrogen and oxygen atoms in total. The van der Waals surface area contributed by atoms with E-state index >= 15 is 0 Å². The molecule has 0 saturated carbocycles. The first-order valence-corrected chi connectivity index (χ1v) is 7.23. The highest BCUT2D eigenvalue weighted by atomic mass is 19.1. The summed E-state index contributed by atoms with van der Waals surface area (Å²) in [5, 5.41) is 8.59. The van der Waals surface area contributed by atoms with E-state index in [1.54, 1.807) is 0 Å². The summed E-state index contributed by atoms with van der Waals surface area (Å²) in [6, 6.07) is 2.32. The SMILES string of the molecule is CC1=[N+](CCCCCC(=O)O)c2c(F)cc(F)cc2C1C. The first-order chi connectivity index (χ1) is 9.91. The van der Waals surface area contributed by atoms with Gasteiger partial charge in [-0.25, -0.2) is 4.39 Å². The molecule has 1 unspecified atom stereocenters. The molecule has 5 heteroatoms. The minimum absolute atomic E-state index is 0.00391. The van der Waals surface area contributed by atoms with Gasteiger partial charge in [0.1, 0.15) is 12.4 Å². The summed E-state index contributed by atoms with van der Waals surface area (Å²) in [4.78, 5) is 10.5. The number of aliphatic carboxylic acids is 1. The number of carbonyl (C=O) groups is 1. The first kappa shape index (κ1) is 15.6. The van der Waals surface area contributed by atoms with E-state index in [0.717, 1.165) is 24.6 Å². The van der Waals surface area contributed by atoms with Crippen LogP contribution in [0.15, 0.2) is 12.1 Å². The third-order valence-electron chi connectivity index (χ3n) is 4.12. The molecule has 0 fully saturated rings. The lowest BCUT2D eigenvalue weighted by Gasteiger charge is -2.03. The fourth-order valence-electron chi connectivity index (χ4n) is 2.85. The van der Waals surface area contributed by atoms with Crippen LogP contribution in [-0.2, 0) is 4.79 Å². The highest BCUT2D eigenvalue weighted by Crippen LogP contribution is 2.37. The van der Waals surface area contributed by atoms with Gasteiger partial charge in [0.15, 0.2) is 11.5 Å². The number of hydrogen-bond acceptors (Lipinski definition) is 1. The van der Waals surface area contributed by atoms with E-state index in [9.17, 15) is 13.6 Å². The first-order valence-electron chi connectivity index (χ1n) is 7.23. The monoisotopic (exact) mass is 296 g/mol. The third-order valence-corrected chi connectivity index (χ3v) is 4.12. The Morgan fingerprint density at radius 1 is 1.29 bits per heavy atom. The number of halogens is 2. The molecule has 2 rings (SSSR count). The molecule has 1 aliphatic heterocycles. The van der Waals surface area contributed by atoms with Gasteiger partial charge in [-0.2, -0.15) is 8.97 Å². The van der Waals surface area contributed by atoms with Crippen molar-refractivity contribution in [3.8, 4) is 0 Å². The second-order valence-electron chi connectivity index (χ2n) is 5.54. The lowest BCUT2D eigenvalue weighted by molar-refractivity contribution is -0.441. The van der Waals surface area contributed by atoms with Crippen LogP contribution < -0.4 is 0 Å². The molecule has 0 amide bonds. The number of nitrogens with zero attached hydrogens (tertiary/aromatic N) is 1. The summed E-state index contributed by atoms with van der Waals surface area (Å²) in [6.45, 7) is 4.50. The van der Waals surface area contributed by atoms with E-state index in [-0.39, 0.29) is 12.3 Å². The Morgan fingerprint density at radius 3 is 2.67 bits per heavy atom. The van der Waals surface area contributed by atoms with E-state index in [0.29, 0.717) is 24.2 Å². The molecule has 1 aromatic rings. The number of rotatable bonds is 6. The van der Waals surface area contributed by atoms with Crippen molar-refractivity contribution >= 4 is 17.4 Å². The molecule has 1 aromatic carbocycles. The molecule has 21 heavy (non-hydrogen) atoms. The van der Waals surface area contributed by atoms with Gasteiger partial charge in [0.25, 0.3) is 0 Å². The standard InChI is InChI=1S/C16H19F2NO2/c1-10-11(2)19(7-5-3-4-6-15(20)21)16-13(10)8-12(17)9-14(16)18/h8-10H,3-7H2,1-2H3/p+1. The predicted octanol–water partition coefficient (Wildman–Crippen LogP) is 3.83. The Labute approximate surface area is 122 Å². The van der Waals surface area contributed by atoms with Crippen molar-refractivity contribution in [2.45, 2.75) is 45.4 Å². The number of fused-ring (bicyclic) bond motifs is 1. The molecular weight excluding hydrogens is 276 g/mol. The van der Waals surface area contributed by atoms with Crippen molar-refractivity contribution in [1.29, 1.82) is 0 Å². The van der Waals surface area contributed by atoms with Gasteiger partial charge < -0.3 is 5.11 Å². The lowest BCUT2D eigenvalue weighted by atomic mass is 9.99. The molecule has 1 heterocycles. The van der Waals surface area contributed by atoms with Gasteiger partial charge in [-0.3, -0.25) is 4.79 Å². The largest absolute Gasteiger partial charge is 0.481 e. The van der Waals surface area contributed by atoms with Gasteiger partial charge in [0.05, 0.1) is 5.92 Å². The molecule has 0 aromatic heterocycles. The van der Waals surface area contributed by atoms with E-state index in [1.807, 2.05) is 18.4 Å². The quantitative estimate of drug-likeness (QED) is 0.640. The van der Waals surface area contributed by atoms with E-state index in [1.165, 1.54) is 6.07 Å². The predicted molar refractivity (Wildman–Crippen MR) is 76.3 cm³/mol. The minimum atomic E-state index is -0.792. The number of carboxylic acids is 1. The average molecular weight is 296 g/mol. The van der Waals surface area contributed by atoms with Gasteiger partial charge in [-0.15, -0.1) is 0 Å². The summed E-state index contributed by atoms with van der Waals surface area (Å²) >= 11 is 0. The van der Waals surface area contributed by atoms with E-state index < -0.39 is 17.6 Å². The number of unbranched alkanes of at least 4 members (excludes halogenated alkanes) is 2. The van der Waals surface area contributed by atoms with Crippen LogP contribution in [0.5, 0.6) is 0 Å². The number of carboxylic acid groups (broad SMARTS) is 1. The molecule has 114 valence electrons. The smallest absolute Gasteiger partial charge is 0.303 e. The molecule has 1 aliphatic rings. The van der Waals surface area contributed by atoms with Gasteiger partial charge in [0.2, 0.25) is 5.69 Å². The molecule has 0 radical (unpaired) electrons. The molecule has 1 atom stereocenters.